The van der Waals surface area contributed by atoms with E-state index in [1.54, 1.807) is 6.92 Å². The molecule has 2 rings (SSSR count). The Bertz CT molecular complexity index is 560. The molecule has 100 valence electrons. The van der Waals surface area contributed by atoms with Crippen LogP contribution in [-0.2, 0) is 6.54 Å². The minimum atomic E-state index is -2.70. The number of benzene rings is 1. The van der Waals surface area contributed by atoms with E-state index in [1.807, 2.05) is 24.3 Å². The van der Waals surface area contributed by atoms with E-state index in [2.05, 4.69) is 36.2 Å². The topological polar surface area (TPSA) is 50.7 Å². The summed E-state index contributed by atoms with van der Waals surface area (Å²) < 4.78 is 26.1. The first-order chi connectivity index (χ1) is 9.04. The summed E-state index contributed by atoms with van der Waals surface area (Å²) in [5.74, 6) is -0.0832. The lowest BCUT2D eigenvalue weighted by Gasteiger charge is -2.07. The van der Waals surface area contributed by atoms with Gasteiger partial charge in [0.2, 0.25) is 11.8 Å². The molecule has 0 aliphatic rings. The van der Waals surface area contributed by atoms with Crippen molar-refractivity contribution in [3.05, 3.63) is 46.0 Å². The van der Waals surface area contributed by atoms with Crippen molar-refractivity contribution < 1.29 is 8.78 Å². The van der Waals surface area contributed by atoms with Crippen molar-refractivity contribution in [3.8, 4) is 0 Å². The second kappa shape index (κ2) is 6.01. The summed E-state index contributed by atoms with van der Waals surface area (Å²) in [6.45, 7) is 2.01. The number of hydrogen-bond acceptors (Lipinski definition) is 4. The Kier molecular flexibility index (Phi) is 4.36. The molecule has 0 radical (unpaired) electrons. The molecule has 0 aliphatic heterocycles. The number of alkyl halides is 2. The zero-order chi connectivity index (χ0) is 13.8. The molecule has 0 saturated heterocycles. The summed E-state index contributed by atoms with van der Waals surface area (Å²) in [5.41, 5.74) is 1.000. The number of halogens is 3. The average molecular weight is 329 g/mol. The number of rotatable bonds is 4. The fraction of sp³-hybridized carbons (Fsp3) is 0.250. The monoisotopic (exact) mass is 328 g/mol. The lowest BCUT2D eigenvalue weighted by Crippen LogP contribution is -2.08. The van der Waals surface area contributed by atoms with Gasteiger partial charge in [-0.3, -0.25) is 0 Å². The number of anilines is 1. The second-order valence-corrected chi connectivity index (χ2v) is 4.76. The molecule has 0 spiro atoms. The molecule has 1 N–H and O–H groups in total. The molecule has 0 aliphatic carbocycles. The van der Waals surface area contributed by atoms with Crippen LogP contribution in [0.3, 0.4) is 0 Å². The highest BCUT2D eigenvalue weighted by molar-refractivity contribution is 9.10. The van der Waals surface area contributed by atoms with Gasteiger partial charge >= 0.3 is 0 Å². The molecule has 19 heavy (non-hydrogen) atoms. The molecule has 0 unspecified atom stereocenters. The van der Waals surface area contributed by atoms with Crippen LogP contribution in [0, 0.1) is 6.92 Å². The van der Waals surface area contributed by atoms with Crippen LogP contribution < -0.4 is 5.32 Å². The van der Waals surface area contributed by atoms with Crippen molar-refractivity contribution in [1.82, 2.24) is 15.0 Å². The molecule has 2 aromatic rings. The predicted molar refractivity (Wildman–Crippen MR) is 71.0 cm³/mol. The van der Waals surface area contributed by atoms with Crippen LogP contribution in [0.4, 0.5) is 14.7 Å². The van der Waals surface area contributed by atoms with Gasteiger partial charge in [0.25, 0.3) is 6.43 Å². The molecule has 0 fully saturated rings. The third-order valence-electron chi connectivity index (χ3n) is 2.32. The first-order valence-electron chi connectivity index (χ1n) is 5.53. The number of nitrogens with one attached hydrogen (secondary N) is 1. The lowest BCUT2D eigenvalue weighted by atomic mass is 10.2. The Morgan fingerprint density at radius 3 is 2.47 bits per heavy atom. The zero-order valence-electron chi connectivity index (χ0n) is 10.1. The molecule has 1 heterocycles. The Balaban J connectivity index is 2.08. The van der Waals surface area contributed by atoms with E-state index in [1.165, 1.54) is 0 Å². The summed E-state index contributed by atoms with van der Waals surface area (Å²) in [5, 5.41) is 2.91. The lowest BCUT2D eigenvalue weighted by molar-refractivity contribution is 0.140. The van der Waals surface area contributed by atoms with Crippen LogP contribution in [-0.4, -0.2) is 15.0 Å². The van der Waals surface area contributed by atoms with Crippen LogP contribution in [0.5, 0.6) is 0 Å². The van der Waals surface area contributed by atoms with Gasteiger partial charge in [-0.25, -0.2) is 13.8 Å². The van der Waals surface area contributed by atoms with Gasteiger partial charge in [0.1, 0.15) is 5.82 Å². The van der Waals surface area contributed by atoms with Crippen molar-refractivity contribution in [3.63, 3.8) is 0 Å². The predicted octanol–water partition coefficient (Wildman–Crippen LogP) is 3.49. The fourth-order valence-corrected chi connectivity index (χ4v) is 1.73. The van der Waals surface area contributed by atoms with Crippen molar-refractivity contribution >= 4 is 21.9 Å². The van der Waals surface area contributed by atoms with E-state index in [9.17, 15) is 8.78 Å². The molecule has 0 bridgehead atoms. The maximum atomic E-state index is 12.5. The first kappa shape index (κ1) is 13.8. The summed E-state index contributed by atoms with van der Waals surface area (Å²) in [6.07, 6.45) is -2.70. The Hall–Kier alpha value is -1.63. The van der Waals surface area contributed by atoms with Gasteiger partial charge in [0.15, 0.2) is 0 Å². The SMILES string of the molecule is Cc1nc(NCc2ccc(Br)cc2)nc(C(F)F)n1. The fourth-order valence-electron chi connectivity index (χ4n) is 1.46. The van der Waals surface area contributed by atoms with Gasteiger partial charge < -0.3 is 5.32 Å². The molecule has 4 nitrogen and oxygen atoms in total. The highest BCUT2D eigenvalue weighted by Gasteiger charge is 2.13. The van der Waals surface area contributed by atoms with E-state index in [0.29, 0.717) is 6.54 Å². The second-order valence-electron chi connectivity index (χ2n) is 3.85. The molecule has 0 amide bonds. The molecular weight excluding hydrogens is 318 g/mol. The Morgan fingerprint density at radius 1 is 1.16 bits per heavy atom. The van der Waals surface area contributed by atoms with E-state index in [-0.39, 0.29) is 11.8 Å². The Labute approximate surface area is 117 Å². The van der Waals surface area contributed by atoms with Crippen molar-refractivity contribution in [2.75, 3.05) is 5.32 Å². The maximum Gasteiger partial charge on any atom is 0.297 e. The third-order valence-corrected chi connectivity index (χ3v) is 2.85. The van der Waals surface area contributed by atoms with Crippen molar-refractivity contribution in [1.29, 1.82) is 0 Å². The number of hydrogen-bond donors (Lipinski definition) is 1. The summed E-state index contributed by atoms with van der Waals surface area (Å²) >= 11 is 3.34. The van der Waals surface area contributed by atoms with Gasteiger partial charge in [0.05, 0.1) is 0 Å². The van der Waals surface area contributed by atoms with Gasteiger partial charge in [0, 0.05) is 11.0 Å². The van der Waals surface area contributed by atoms with Crippen LogP contribution in [0.2, 0.25) is 0 Å². The minimum Gasteiger partial charge on any atom is -0.350 e. The summed E-state index contributed by atoms with van der Waals surface area (Å²) in [6, 6.07) is 7.64. The average Bonchev–Trinajstić information content (AvgIpc) is 2.37. The molecule has 1 aromatic carbocycles. The molecule has 0 atom stereocenters. The van der Waals surface area contributed by atoms with E-state index in [0.717, 1.165) is 10.0 Å². The van der Waals surface area contributed by atoms with Crippen LogP contribution in [0.15, 0.2) is 28.7 Å². The molecule has 0 saturated carbocycles. The van der Waals surface area contributed by atoms with E-state index >= 15 is 0 Å². The van der Waals surface area contributed by atoms with E-state index in [4.69, 9.17) is 0 Å². The quantitative estimate of drug-likeness (QED) is 0.933. The normalized spacial score (nSPS) is 10.8. The number of nitrogens with zero attached hydrogens (tertiary/aromatic N) is 3. The summed E-state index contributed by atoms with van der Waals surface area (Å²) in [7, 11) is 0. The highest BCUT2D eigenvalue weighted by Crippen LogP contribution is 2.16. The number of aromatic nitrogens is 3. The number of aryl methyl sites for hydroxylation is 1. The van der Waals surface area contributed by atoms with Crippen molar-refractivity contribution in [2.45, 2.75) is 19.9 Å². The largest absolute Gasteiger partial charge is 0.350 e. The first-order valence-corrected chi connectivity index (χ1v) is 6.33. The van der Waals surface area contributed by atoms with Gasteiger partial charge in [-0.1, -0.05) is 28.1 Å². The molecule has 7 heteroatoms. The Morgan fingerprint density at radius 2 is 1.84 bits per heavy atom. The summed E-state index contributed by atoms with van der Waals surface area (Å²) in [4.78, 5) is 11.2. The van der Waals surface area contributed by atoms with Crippen LogP contribution >= 0.6 is 15.9 Å². The standard InChI is InChI=1S/C12H11BrF2N4/c1-7-17-11(10(14)15)19-12(18-7)16-6-8-2-4-9(13)5-3-8/h2-5,10H,6H2,1H3,(H,16,17,18,19). The van der Waals surface area contributed by atoms with Crippen LogP contribution in [0.25, 0.3) is 0 Å². The van der Waals surface area contributed by atoms with Gasteiger partial charge in [-0.2, -0.15) is 9.97 Å². The highest BCUT2D eigenvalue weighted by atomic mass is 79.9. The molecule has 1 aromatic heterocycles. The molecular formula is C12H11BrF2N4. The minimum absolute atomic E-state index is 0.158. The zero-order valence-corrected chi connectivity index (χ0v) is 11.7. The maximum absolute atomic E-state index is 12.5. The van der Waals surface area contributed by atoms with Gasteiger partial charge in [-0.15, -0.1) is 0 Å². The van der Waals surface area contributed by atoms with Crippen molar-refractivity contribution in [2.24, 2.45) is 0 Å². The van der Waals surface area contributed by atoms with Gasteiger partial charge in [-0.05, 0) is 24.6 Å². The third kappa shape index (κ3) is 3.92. The van der Waals surface area contributed by atoms with Crippen LogP contribution in [0.1, 0.15) is 23.6 Å². The smallest absolute Gasteiger partial charge is 0.297 e. The van der Waals surface area contributed by atoms with E-state index < -0.39 is 12.2 Å².